The molecule has 33 heavy (non-hydrogen) atoms. The average Bonchev–Trinajstić information content (AvgIpc) is 2.83. The lowest BCUT2D eigenvalue weighted by molar-refractivity contribution is 0.0590. The minimum atomic E-state index is -0.981. The fraction of sp³-hybridized carbons (Fsp3) is 0.621. The summed E-state index contributed by atoms with van der Waals surface area (Å²) >= 11 is 0. The number of esters is 1. The highest BCUT2D eigenvalue weighted by molar-refractivity contribution is 5.96. The number of fused-ring (bicyclic) bond motifs is 2. The van der Waals surface area contributed by atoms with Crippen molar-refractivity contribution < 1.29 is 18.3 Å². The predicted octanol–water partition coefficient (Wildman–Crippen LogP) is 8.57. The summed E-state index contributed by atoms with van der Waals surface area (Å²) in [6, 6.07) is 6.87. The first-order valence-electron chi connectivity index (χ1n) is 13.0. The molecule has 2 aliphatic rings. The molecule has 0 aliphatic heterocycles. The summed E-state index contributed by atoms with van der Waals surface area (Å²) in [6.45, 7) is 2.27. The Balaban J connectivity index is 1.39. The Morgan fingerprint density at radius 1 is 0.970 bits per heavy atom. The Labute approximate surface area is 197 Å². The van der Waals surface area contributed by atoms with Crippen LogP contribution in [0.5, 0.6) is 0 Å². The van der Waals surface area contributed by atoms with Crippen molar-refractivity contribution in [2.24, 2.45) is 17.8 Å². The molecule has 0 radical (unpaired) electrons. The zero-order valence-electron chi connectivity index (χ0n) is 20.2. The first-order valence-corrected chi connectivity index (χ1v) is 13.0. The topological polar surface area (TPSA) is 26.3 Å². The summed E-state index contributed by atoms with van der Waals surface area (Å²) in [7, 11) is 1.13. The maximum Gasteiger partial charge on any atom is 0.343 e. The summed E-state index contributed by atoms with van der Waals surface area (Å²) in [5.41, 5.74) is 0.559. The van der Waals surface area contributed by atoms with E-state index in [1.807, 2.05) is 12.1 Å². The standard InChI is InChI=1S/C29H38F2O2/c1-3-4-5-6-7-8-19-9-10-21-16-22(12-11-20(21)15-19)23-13-14-25-24(17-23)18-26(30)27(28(25)31)29(32)33-2/h13-14,17-22H,3-12,15-16H2,1-2H3/t19?,20-,21+,22?/m0/s1. The zero-order chi connectivity index (χ0) is 23.4. The number of methoxy groups -OCH3 is 1. The van der Waals surface area contributed by atoms with E-state index in [1.54, 1.807) is 6.07 Å². The quantitative estimate of drug-likeness (QED) is 0.294. The molecule has 0 spiro atoms. The molecular formula is C29H38F2O2. The van der Waals surface area contributed by atoms with Gasteiger partial charge < -0.3 is 4.74 Å². The first-order chi connectivity index (χ1) is 16.0. The van der Waals surface area contributed by atoms with Crippen LogP contribution in [0.2, 0.25) is 0 Å². The van der Waals surface area contributed by atoms with Gasteiger partial charge in [-0.05, 0) is 72.8 Å². The van der Waals surface area contributed by atoms with Crippen LogP contribution in [-0.2, 0) is 4.74 Å². The average molecular weight is 457 g/mol. The third kappa shape index (κ3) is 5.41. The zero-order valence-corrected chi connectivity index (χ0v) is 20.2. The van der Waals surface area contributed by atoms with Crippen LogP contribution in [0.25, 0.3) is 10.8 Å². The van der Waals surface area contributed by atoms with Gasteiger partial charge in [-0.3, -0.25) is 0 Å². The van der Waals surface area contributed by atoms with E-state index in [0.29, 0.717) is 11.3 Å². The molecule has 2 aromatic rings. The van der Waals surface area contributed by atoms with Gasteiger partial charge in [-0.2, -0.15) is 0 Å². The van der Waals surface area contributed by atoms with E-state index >= 15 is 0 Å². The third-order valence-electron chi connectivity index (χ3n) is 8.35. The second-order valence-electron chi connectivity index (χ2n) is 10.4. The Kier molecular flexibility index (Phi) is 8.03. The molecule has 2 saturated carbocycles. The number of unbranched alkanes of at least 4 members (excludes halogenated alkanes) is 4. The van der Waals surface area contributed by atoms with E-state index < -0.39 is 23.2 Å². The lowest BCUT2D eigenvalue weighted by Crippen LogP contribution is -2.30. The van der Waals surface area contributed by atoms with Gasteiger partial charge in [-0.1, -0.05) is 70.1 Å². The van der Waals surface area contributed by atoms with Gasteiger partial charge in [0.25, 0.3) is 0 Å². The van der Waals surface area contributed by atoms with Gasteiger partial charge in [0.05, 0.1) is 7.11 Å². The van der Waals surface area contributed by atoms with Crippen LogP contribution < -0.4 is 0 Å². The molecule has 0 N–H and O–H groups in total. The first kappa shape index (κ1) is 24.2. The van der Waals surface area contributed by atoms with E-state index in [9.17, 15) is 13.6 Å². The lowest BCUT2D eigenvalue weighted by Gasteiger charge is -2.42. The van der Waals surface area contributed by atoms with Gasteiger partial charge in [0, 0.05) is 5.39 Å². The molecule has 2 aromatic carbocycles. The molecule has 180 valence electrons. The van der Waals surface area contributed by atoms with Crippen LogP contribution in [0.15, 0.2) is 24.3 Å². The lowest BCUT2D eigenvalue weighted by atomic mass is 9.63. The van der Waals surface area contributed by atoms with Gasteiger partial charge in [-0.15, -0.1) is 0 Å². The number of hydrogen-bond acceptors (Lipinski definition) is 2. The molecule has 4 heteroatoms. The Morgan fingerprint density at radius 2 is 1.73 bits per heavy atom. The van der Waals surface area contributed by atoms with Crippen molar-refractivity contribution in [1.82, 2.24) is 0 Å². The Hall–Kier alpha value is -1.97. The number of hydrogen-bond donors (Lipinski definition) is 0. The molecule has 4 rings (SSSR count). The van der Waals surface area contributed by atoms with Gasteiger partial charge >= 0.3 is 5.97 Å². The highest BCUT2D eigenvalue weighted by atomic mass is 19.1. The second-order valence-corrected chi connectivity index (χ2v) is 10.4. The maximum absolute atomic E-state index is 14.8. The van der Waals surface area contributed by atoms with Crippen LogP contribution in [0, 0.1) is 29.4 Å². The molecule has 0 bridgehead atoms. The van der Waals surface area contributed by atoms with Gasteiger partial charge in [0.15, 0.2) is 0 Å². The fourth-order valence-electron chi connectivity index (χ4n) is 6.48. The van der Waals surface area contributed by atoms with Crippen molar-refractivity contribution in [1.29, 1.82) is 0 Å². The summed E-state index contributed by atoms with van der Waals surface area (Å²) in [4.78, 5) is 11.8. The van der Waals surface area contributed by atoms with Crippen molar-refractivity contribution >= 4 is 16.7 Å². The molecule has 0 aromatic heterocycles. The minimum absolute atomic E-state index is 0.272. The van der Waals surface area contributed by atoms with Crippen LogP contribution in [0.3, 0.4) is 0 Å². The molecular weight excluding hydrogens is 418 g/mol. The van der Waals surface area contributed by atoms with Crippen molar-refractivity contribution in [2.45, 2.75) is 89.9 Å². The molecule has 2 aliphatic carbocycles. The maximum atomic E-state index is 14.8. The van der Waals surface area contributed by atoms with E-state index in [4.69, 9.17) is 0 Å². The molecule has 0 amide bonds. The van der Waals surface area contributed by atoms with Gasteiger partial charge in [0.1, 0.15) is 17.2 Å². The minimum Gasteiger partial charge on any atom is -0.465 e. The molecule has 0 saturated heterocycles. The number of ether oxygens (including phenoxy) is 1. The summed E-state index contributed by atoms with van der Waals surface area (Å²) < 4.78 is 33.8. The number of benzene rings is 2. The molecule has 0 heterocycles. The van der Waals surface area contributed by atoms with Gasteiger partial charge in [0.2, 0.25) is 0 Å². The monoisotopic (exact) mass is 456 g/mol. The number of carbonyl (C=O) groups is 1. The largest absolute Gasteiger partial charge is 0.465 e. The number of halogens is 2. The SMILES string of the molecule is CCCCCCCC1CC[C@@H]2CC(c3ccc4c(F)c(C(=O)OC)c(F)cc4c3)CC[C@H]2C1. The van der Waals surface area contributed by atoms with Crippen molar-refractivity contribution in [3.8, 4) is 0 Å². The number of rotatable bonds is 8. The van der Waals surface area contributed by atoms with Crippen LogP contribution in [0.1, 0.15) is 106 Å². The van der Waals surface area contributed by atoms with E-state index in [1.165, 1.54) is 82.3 Å². The highest BCUT2D eigenvalue weighted by Crippen LogP contribution is 2.48. The van der Waals surface area contributed by atoms with Crippen LogP contribution >= 0.6 is 0 Å². The van der Waals surface area contributed by atoms with Gasteiger partial charge in [-0.25, -0.2) is 13.6 Å². The van der Waals surface area contributed by atoms with E-state index in [0.717, 1.165) is 31.3 Å². The van der Waals surface area contributed by atoms with Crippen molar-refractivity contribution in [3.63, 3.8) is 0 Å². The van der Waals surface area contributed by atoms with Crippen molar-refractivity contribution in [3.05, 3.63) is 47.0 Å². The summed E-state index contributed by atoms with van der Waals surface area (Å²) in [5.74, 6) is 0.332. The highest BCUT2D eigenvalue weighted by Gasteiger charge is 2.36. The third-order valence-corrected chi connectivity index (χ3v) is 8.35. The summed E-state index contributed by atoms with van der Waals surface area (Å²) in [6.07, 6.45) is 16.0. The second kappa shape index (κ2) is 11.0. The Bertz CT molecular complexity index is 970. The number of carbonyl (C=O) groups excluding carboxylic acids is 1. The van der Waals surface area contributed by atoms with Crippen LogP contribution in [0.4, 0.5) is 8.78 Å². The molecule has 4 atom stereocenters. The molecule has 2 nitrogen and oxygen atoms in total. The van der Waals surface area contributed by atoms with E-state index in [2.05, 4.69) is 11.7 Å². The normalized spacial score (nSPS) is 25.1. The summed E-state index contributed by atoms with van der Waals surface area (Å²) in [5, 5.41) is 0.790. The molecule has 2 fully saturated rings. The van der Waals surface area contributed by atoms with Crippen LogP contribution in [-0.4, -0.2) is 13.1 Å². The molecule has 2 unspecified atom stereocenters. The fourth-order valence-corrected chi connectivity index (χ4v) is 6.48. The predicted molar refractivity (Wildman–Crippen MR) is 129 cm³/mol. The van der Waals surface area contributed by atoms with Crippen molar-refractivity contribution in [2.75, 3.05) is 7.11 Å². The smallest absolute Gasteiger partial charge is 0.343 e. The van der Waals surface area contributed by atoms with E-state index in [-0.39, 0.29) is 5.39 Å². The Morgan fingerprint density at radius 3 is 2.52 bits per heavy atom.